The lowest BCUT2D eigenvalue weighted by atomic mass is 10.1. The van der Waals surface area contributed by atoms with E-state index < -0.39 is 11.7 Å². The number of para-hydroxylation sites is 2. The van der Waals surface area contributed by atoms with Crippen molar-refractivity contribution >= 4 is 17.3 Å². The molecule has 1 aliphatic rings. The number of halogens is 3. The molecular formula is C21H24F3N3O2. The third-order valence-electron chi connectivity index (χ3n) is 5.14. The van der Waals surface area contributed by atoms with Crippen LogP contribution in [0.5, 0.6) is 5.75 Å². The van der Waals surface area contributed by atoms with Crippen LogP contribution in [-0.2, 0) is 11.0 Å². The number of carbonyl (C=O) groups is 1. The van der Waals surface area contributed by atoms with Gasteiger partial charge in [0, 0.05) is 31.9 Å². The highest BCUT2D eigenvalue weighted by Crippen LogP contribution is 2.32. The predicted octanol–water partition coefficient (Wildman–Crippen LogP) is 3.86. The Morgan fingerprint density at radius 3 is 2.41 bits per heavy atom. The number of anilines is 2. The van der Waals surface area contributed by atoms with Gasteiger partial charge in [0.25, 0.3) is 0 Å². The molecule has 1 atom stereocenters. The Morgan fingerprint density at radius 1 is 1.07 bits per heavy atom. The first-order valence-corrected chi connectivity index (χ1v) is 9.39. The average molecular weight is 407 g/mol. The quantitative estimate of drug-likeness (QED) is 0.818. The van der Waals surface area contributed by atoms with E-state index in [2.05, 4.69) is 5.32 Å². The van der Waals surface area contributed by atoms with Crippen molar-refractivity contribution in [3.05, 3.63) is 54.1 Å². The van der Waals surface area contributed by atoms with E-state index in [0.717, 1.165) is 6.07 Å². The molecule has 0 unspecified atom stereocenters. The van der Waals surface area contributed by atoms with Gasteiger partial charge in [0.2, 0.25) is 5.91 Å². The number of rotatable bonds is 5. The molecule has 1 saturated heterocycles. The number of carbonyl (C=O) groups excluding carboxylic acids is 1. The maximum atomic E-state index is 12.9. The molecule has 2 aromatic rings. The van der Waals surface area contributed by atoms with E-state index >= 15 is 0 Å². The maximum Gasteiger partial charge on any atom is 0.416 e. The Labute approximate surface area is 168 Å². The van der Waals surface area contributed by atoms with E-state index in [9.17, 15) is 18.0 Å². The monoisotopic (exact) mass is 407 g/mol. The summed E-state index contributed by atoms with van der Waals surface area (Å²) in [5, 5.41) is 2.88. The van der Waals surface area contributed by atoms with Gasteiger partial charge in [0.05, 0.1) is 24.4 Å². The number of piperazine rings is 1. The SMILES string of the molecule is COc1ccccc1NC(=O)[C@@H](C)N1CCN(c2cccc(C(F)(F)F)c2)CC1. The van der Waals surface area contributed by atoms with Crippen LogP contribution in [0.15, 0.2) is 48.5 Å². The van der Waals surface area contributed by atoms with Gasteiger partial charge < -0.3 is 15.0 Å². The highest BCUT2D eigenvalue weighted by Gasteiger charge is 2.31. The summed E-state index contributed by atoms with van der Waals surface area (Å²) < 4.78 is 44.1. The van der Waals surface area contributed by atoms with Crippen molar-refractivity contribution in [1.29, 1.82) is 0 Å². The van der Waals surface area contributed by atoms with Crippen LogP contribution in [0.25, 0.3) is 0 Å². The Morgan fingerprint density at radius 2 is 1.76 bits per heavy atom. The molecule has 29 heavy (non-hydrogen) atoms. The van der Waals surface area contributed by atoms with E-state index in [1.807, 2.05) is 28.9 Å². The van der Waals surface area contributed by atoms with Crippen LogP contribution in [-0.4, -0.2) is 50.1 Å². The van der Waals surface area contributed by atoms with Gasteiger partial charge in [0.1, 0.15) is 5.75 Å². The second-order valence-electron chi connectivity index (χ2n) is 6.94. The molecule has 2 aromatic carbocycles. The van der Waals surface area contributed by atoms with Crippen LogP contribution in [0, 0.1) is 0 Å². The molecule has 156 valence electrons. The second kappa shape index (κ2) is 8.73. The number of ether oxygens (including phenoxy) is 1. The van der Waals surface area contributed by atoms with Crippen molar-refractivity contribution < 1.29 is 22.7 Å². The van der Waals surface area contributed by atoms with E-state index in [0.29, 0.717) is 43.3 Å². The summed E-state index contributed by atoms with van der Waals surface area (Å²) in [5.74, 6) is 0.435. The van der Waals surface area contributed by atoms with E-state index in [1.165, 1.54) is 12.1 Å². The standard InChI is InChI=1S/C21H24F3N3O2/c1-15(20(28)25-18-8-3-4-9-19(18)29-2)26-10-12-27(13-11-26)17-7-5-6-16(14-17)21(22,23)24/h3-9,14-15H,10-13H2,1-2H3,(H,25,28)/t15-/m1/s1. The first kappa shape index (κ1) is 21.0. The van der Waals surface area contributed by atoms with Gasteiger partial charge in [-0.25, -0.2) is 0 Å². The number of nitrogens with one attached hydrogen (secondary N) is 1. The fourth-order valence-corrected chi connectivity index (χ4v) is 3.40. The summed E-state index contributed by atoms with van der Waals surface area (Å²) in [6, 6.07) is 12.2. The lowest BCUT2D eigenvalue weighted by molar-refractivity contribution is -0.137. The lowest BCUT2D eigenvalue weighted by Crippen LogP contribution is -2.52. The Balaban J connectivity index is 1.59. The Hall–Kier alpha value is -2.74. The van der Waals surface area contributed by atoms with Crippen molar-refractivity contribution in [3.63, 3.8) is 0 Å². The third kappa shape index (κ3) is 5.00. The van der Waals surface area contributed by atoms with Gasteiger partial charge in [-0.3, -0.25) is 9.69 Å². The molecule has 1 aliphatic heterocycles. The van der Waals surface area contributed by atoms with Crippen molar-refractivity contribution in [1.82, 2.24) is 4.90 Å². The van der Waals surface area contributed by atoms with Gasteiger partial charge in [-0.15, -0.1) is 0 Å². The first-order valence-electron chi connectivity index (χ1n) is 9.39. The number of amides is 1. The van der Waals surface area contributed by atoms with E-state index in [4.69, 9.17) is 4.74 Å². The maximum absolute atomic E-state index is 12.9. The number of hydrogen-bond acceptors (Lipinski definition) is 4. The average Bonchev–Trinajstić information content (AvgIpc) is 2.73. The zero-order valence-electron chi connectivity index (χ0n) is 16.4. The van der Waals surface area contributed by atoms with Crippen molar-refractivity contribution in [2.75, 3.05) is 43.5 Å². The normalized spacial score (nSPS) is 16.4. The van der Waals surface area contributed by atoms with Gasteiger partial charge >= 0.3 is 6.18 Å². The first-order chi connectivity index (χ1) is 13.8. The second-order valence-corrected chi connectivity index (χ2v) is 6.94. The summed E-state index contributed by atoms with van der Waals surface area (Å²) in [5.41, 5.74) is 0.502. The molecule has 0 spiro atoms. The van der Waals surface area contributed by atoms with Crippen LogP contribution < -0.4 is 15.0 Å². The zero-order valence-corrected chi connectivity index (χ0v) is 16.4. The van der Waals surface area contributed by atoms with Crippen molar-refractivity contribution in [2.45, 2.75) is 19.1 Å². The summed E-state index contributed by atoms with van der Waals surface area (Å²) in [7, 11) is 1.54. The summed E-state index contributed by atoms with van der Waals surface area (Å²) in [6.07, 6.45) is -4.36. The van der Waals surface area contributed by atoms with Crippen LogP contribution in [0.4, 0.5) is 24.5 Å². The number of benzene rings is 2. The van der Waals surface area contributed by atoms with Crippen molar-refractivity contribution in [2.24, 2.45) is 0 Å². The molecule has 8 heteroatoms. The Kier molecular flexibility index (Phi) is 6.32. The van der Waals surface area contributed by atoms with Gasteiger partial charge in [-0.2, -0.15) is 13.2 Å². The third-order valence-corrected chi connectivity index (χ3v) is 5.14. The molecule has 5 nitrogen and oxygen atoms in total. The molecule has 1 fully saturated rings. The molecular weight excluding hydrogens is 383 g/mol. The van der Waals surface area contributed by atoms with Crippen LogP contribution in [0.2, 0.25) is 0 Å². The molecule has 1 amide bonds. The summed E-state index contributed by atoms with van der Waals surface area (Å²) in [6.45, 7) is 4.08. The lowest BCUT2D eigenvalue weighted by Gasteiger charge is -2.38. The smallest absolute Gasteiger partial charge is 0.416 e. The van der Waals surface area contributed by atoms with E-state index in [-0.39, 0.29) is 11.9 Å². The molecule has 1 N–H and O–H groups in total. The fraction of sp³-hybridized carbons (Fsp3) is 0.381. The number of methoxy groups -OCH3 is 1. The Bertz CT molecular complexity index is 849. The minimum Gasteiger partial charge on any atom is -0.495 e. The van der Waals surface area contributed by atoms with Crippen LogP contribution in [0.1, 0.15) is 12.5 Å². The van der Waals surface area contributed by atoms with Gasteiger partial charge in [-0.1, -0.05) is 18.2 Å². The summed E-state index contributed by atoms with van der Waals surface area (Å²) >= 11 is 0. The molecule has 0 aromatic heterocycles. The topological polar surface area (TPSA) is 44.8 Å². The highest BCUT2D eigenvalue weighted by atomic mass is 19.4. The van der Waals surface area contributed by atoms with Crippen molar-refractivity contribution in [3.8, 4) is 5.75 Å². The van der Waals surface area contributed by atoms with Crippen LogP contribution in [0.3, 0.4) is 0 Å². The molecule has 0 bridgehead atoms. The minimum absolute atomic E-state index is 0.151. The number of nitrogens with zero attached hydrogens (tertiary/aromatic N) is 2. The highest BCUT2D eigenvalue weighted by molar-refractivity contribution is 5.95. The number of alkyl halides is 3. The minimum atomic E-state index is -4.36. The largest absolute Gasteiger partial charge is 0.495 e. The molecule has 1 heterocycles. The zero-order chi connectivity index (χ0) is 21.0. The van der Waals surface area contributed by atoms with Crippen LogP contribution >= 0.6 is 0 Å². The molecule has 0 aliphatic carbocycles. The molecule has 3 rings (SSSR count). The molecule has 0 saturated carbocycles. The fourth-order valence-electron chi connectivity index (χ4n) is 3.40. The molecule has 0 radical (unpaired) electrons. The predicted molar refractivity (Wildman–Crippen MR) is 106 cm³/mol. The summed E-state index contributed by atoms with van der Waals surface area (Å²) in [4.78, 5) is 16.6. The van der Waals surface area contributed by atoms with Gasteiger partial charge in [-0.05, 0) is 37.3 Å². The number of hydrogen-bond donors (Lipinski definition) is 1. The van der Waals surface area contributed by atoms with E-state index in [1.54, 1.807) is 25.3 Å². The van der Waals surface area contributed by atoms with Gasteiger partial charge in [0.15, 0.2) is 0 Å².